The van der Waals surface area contributed by atoms with Crippen molar-refractivity contribution in [3.8, 4) is 11.5 Å². The Kier molecular flexibility index (Phi) is 5.06. The number of pyridine rings is 1. The fraction of sp³-hybridized carbons (Fsp3) is 0.130. The van der Waals surface area contributed by atoms with Gasteiger partial charge in [-0.05, 0) is 42.0 Å². The zero-order chi connectivity index (χ0) is 19.3. The topological polar surface area (TPSA) is 55.7 Å². The molecule has 0 saturated carbocycles. The summed E-state index contributed by atoms with van der Waals surface area (Å²) in [6.45, 7) is 2.59. The Bertz CT molecular complexity index is 1160. The normalized spacial score (nSPS) is 11.2. The summed E-state index contributed by atoms with van der Waals surface area (Å²) in [6, 6.07) is 19.9. The zero-order valence-electron chi connectivity index (χ0n) is 15.8. The Hall–Kier alpha value is -3.60. The van der Waals surface area contributed by atoms with E-state index in [1.807, 2.05) is 55.5 Å². The lowest BCUT2D eigenvalue weighted by Crippen LogP contribution is -1.97. The maximum absolute atomic E-state index is 5.56. The fourth-order valence-electron chi connectivity index (χ4n) is 3.23. The Balaban J connectivity index is 1.66. The Morgan fingerprint density at radius 3 is 2.79 bits per heavy atom. The molecule has 0 bridgehead atoms. The molecule has 0 aliphatic rings. The maximum Gasteiger partial charge on any atom is 0.128 e. The third kappa shape index (κ3) is 3.47. The Morgan fingerprint density at radius 1 is 1.04 bits per heavy atom. The summed E-state index contributed by atoms with van der Waals surface area (Å²) in [5.41, 5.74) is 5.81. The first-order valence-electron chi connectivity index (χ1n) is 9.16. The number of hydrogen-bond acceptors (Lipinski definition) is 5. The molecule has 1 aromatic heterocycles. The van der Waals surface area contributed by atoms with Crippen LogP contribution in [0.1, 0.15) is 12.5 Å². The van der Waals surface area contributed by atoms with Crippen molar-refractivity contribution in [2.75, 3.05) is 19.1 Å². The standard InChI is InChI=1S/C23H21N3O2/c1-3-28-17-9-10-19-21(12-13-24-22(19)14-17)26-25-15-20-18-7-5-4-6-16(18)8-11-23(20)27-2/h4-15H,3H2,1-2H3,(H,24,26)/b25-15+. The molecular weight excluding hydrogens is 350 g/mol. The molecule has 1 heterocycles. The number of nitrogens with zero attached hydrogens (tertiary/aromatic N) is 2. The predicted octanol–water partition coefficient (Wildman–Crippen LogP) is 5.24. The zero-order valence-corrected chi connectivity index (χ0v) is 15.8. The molecule has 4 rings (SSSR count). The SMILES string of the molecule is CCOc1ccc2c(N/N=C/c3c(OC)ccc4ccccc34)ccnc2c1. The lowest BCUT2D eigenvalue weighted by molar-refractivity contribution is 0.340. The second-order valence-corrected chi connectivity index (χ2v) is 6.24. The van der Waals surface area contributed by atoms with Gasteiger partial charge >= 0.3 is 0 Å². The van der Waals surface area contributed by atoms with Crippen molar-refractivity contribution < 1.29 is 9.47 Å². The van der Waals surface area contributed by atoms with Crippen LogP contribution >= 0.6 is 0 Å². The molecule has 0 amide bonds. The molecule has 4 aromatic rings. The molecule has 0 atom stereocenters. The summed E-state index contributed by atoms with van der Waals surface area (Å²) < 4.78 is 11.1. The quantitative estimate of drug-likeness (QED) is 0.372. The number of ether oxygens (including phenoxy) is 2. The summed E-state index contributed by atoms with van der Waals surface area (Å²) >= 11 is 0. The van der Waals surface area contributed by atoms with E-state index >= 15 is 0 Å². The van der Waals surface area contributed by atoms with E-state index in [4.69, 9.17) is 9.47 Å². The van der Waals surface area contributed by atoms with E-state index in [1.165, 1.54) is 0 Å². The Labute approximate surface area is 163 Å². The van der Waals surface area contributed by atoms with Crippen molar-refractivity contribution in [2.24, 2.45) is 5.10 Å². The molecule has 28 heavy (non-hydrogen) atoms. The minimum Gasteiger partial charge on any atom is -0.496 e. The van der Waals surface area contributed by atoms with Crippen LogP contribution in [0.4, 0.5) is 5.69 Å². The van der Waals surface area contributed by atoms with Gasteiger partial charge in [-0.25, -0.2) is 0 Å². The van der Waals surface area contributed by atoms with Crippen molar-refractivity contribution in [3.05, 3.63) is 72.4 Å². The second kappa shape index (κ2) is 7.96. The van der Waals surface area contributed by atoms with Gasteiger partial charge in [0.25, 0.3) is 0 Å². The van der Waals surface area contributed by atoms with Crippen LogP contribution in [0.15, 0.2) is 72.0 Å². The number of anilines is 1. The van der Waals surface area contributed by atoms with Gasteiger partial charge in [0.15, 0.2) is 0 Å². The van der Waals surface area contributed by atoms with Crippen LogP contribution in [-0.4, -0.2) is 24.9 Å². The largest absolute Gasteiger partial charge is 0.496 e. The van der Waals surface area contributed by atoms with E-state index in [1.54, 1.807) is 19.5 Å². The van der Waals surface area contributed by atoms with Crippen molar-refractivity contribution in [3.63, 3.8) is 0 Å². The molecule has 0 aliphatic heterocycles. The molecular formula is C23H21N3O2. The van der Waals surface area contributed by atoms with E-state index in [0.717, 1.165) is 44.4 Å². The average Bonchev–Trinajstić information content (AvgIpc) is 2.74. The molecule has 0 radical (unpaired) electrons. The van der Waals surface area contributed by atoms with E-state index in [9.17, 15) is 0 Å². The summed E-state index contributed by atoms with van der Waals surface area (Å²) in [5.74, 6) is 1.59. The molecule has 0 aliphatic carbocycles. The number of fused-ring (bicyclic) bond motifs is 2. The van der Waals surface area contributed by atoms with Gasteiger partial charge in [0.1, 0.15) is 11.5 Å². The number of methoxy groups -OCH3 is 1. The van der Waals surface area contributed by atoms with Crippen molar-refractivity contribution in [2.45, 2.75) is 6.92 Å². The monoisotopic (exact) mass is 371 g/mol. The third-order valence-electron chi connectivity index (χ3n) is 4.55. The van der Waals surface area contributed by atoms with Gasteiger partial charge in [-0.3, -0.25) is 10.4 Å². The van der Waals surface area contributed by atoms with Gasteiger partial charge in [-0.15, -0.1) is 0 Å². The minimum absolute atomic E-state index is 0.626. The second-order valence-electron chi connectivity index (χ2n) is 6.24. The van der Waals surface area contributed by atoms with Crippen molar-refractivity contribution >= 4 is 33.6 Å². The highest BCUT2D eigenvalue weighted by Crippen LogP contribution is 2.28. The predicted molar refractivity (Wildman–Crippen MR) is 115 cm³/mol. The van der Waals surface area contributed by atoms with Gasteiger partial charge < -0.3 is 9.47 Å². The fourth-order valence-corrected chi connectivity index (χ4v) is 3.23. The number of benzene rings is 3. The molecule has 3 aromatic carbocycles. The van der Waals surface area contributed by atoms with E-state index in [2.05, 4.69) is 27.6 Å². The van der Waals surface area contributed by atoms with E-state index in [0.29, 0.717) is 6.61 Å². The highest BCUT2D eigenvalue weighted by Gasteiger charge is 2.07. The molecule has 140 valence electrons. The average molecular weight is 371 g/mol. The van der Waals surface area contributed by atoms with E-state index in [-0.39, 0.29) is 0 Å². The molecule has 0 spiro atoms. The lowest BCUT2D eigenvalue weighted by Gasteiger charge is -2.09. The summed E-state index contributed by atoms with van der Waals surface area (Å²) in [4.78, 5) is 4.43. The number of rotatable bonds is 6. The van der Waals surface area contributed by atoms with Crippen molar-refractivity contribution in [1.29, 1.82) is 0 Å². The van der Waals surface area contributed by atoms with Gasteiger partial charge in [-0.1, -0.05) is 30.3 Å². The van der Waals surface area contributed by atoms with Crippen molar-refractivity contribution in [1.82, 2.24) is 4.98 Å². The highest BCUT2D eigenvalue weighted by atomic mass is 16.5. The maximum atomic E-state index is 5.56. The van der Waals surface area contributed by atoms with Gasteiger partial charge in [0.2, 0.25) is 0 Å². The van der Waals surface area contributed by atoms with Gasteiger partial charge in [0.05, 0.1) is 31.1 Å². The third-order valence-corrected chi connectivity index (χ3v) is 4.55. The van der Waals surface area contributed by atoms with E-state index < -0.39 is 0 Å². The first-order valence-corrected chi connectivity index (χ1v) is 9.16. The number of aromatic nitrogens is 1. The molecule has 0 saturated heterocycles. The molecule has 0 unspecified atom stereocenters. The summed E-state index contributed by atoms with van der Waals surface area (Å²) in [7, 11) is 1.67. The Morgan fingerprint density at radius 2 is 1.93 bits per heavy atom. The minimum atomic E-state index is 0.626. The first-order chi connectivity index (χ1) is 13.8. The van der Waals surface area contributed by atoms with Crippen LogP contribution in [0, 0.1) is 0 Å². The van der Waals surface area contributed by atoms with Gasteiger partial charge in [-0.2, -0.15) is 5.10 Å². The molecule has 1 N–H and O–H groups in total. The summed E-state index contributed by atoms with van der Waals surface area (Å²) in [6.07, 6.45) is 3.55. The molecule has 5 heteroatoms. The lowest BCUT2D eigenvalue weighted by atomic mass is 10.0. The van der Waals surface area contributed by atoms with Gasteiger partial charge in [0, 0.05) is 23.2 Å². The molecule has 5 nitrogen and oxygen atoms in total. The van der Waals surface area contributed by atoms with Crippen LogP contribution in [0.5, 0.6) is 11.5 Å². The van der Waals surface area contributed by atoms with Crippen LogP contribution in [0.3, 0.4) is 0 Å². The summed E-state index contributed by atoms with van der Waals surface area (Å²) in [5, 5.41) is 7.68. The number of hydrazone groups is 1. The van der Waals surface area contributed by atoms with Crippen LogP contribution in [-0.2, 0) is 0 Å². The molecule has 0 fully saturated rings. The van der Waals surface area contributed by atoms with Crippen LogP contribution in [0.25, 0.3) is 21.7 Å². The van der Waals surface area contributed by atoms with Crippen LogP contribution in [0.2, 0.25) is 0 Å². The number of hydrogen-bond donors (Lipinski definition) is 1. The smallest absolute Gasteiger partial charge is 0.128 e. The number of nitrogens with one attached hydrogen (secondary N) is 1. The highest BCUT2D eigenvalue weighted by molar-refractivity contribution is 6.03. The van der Waals surface area contributed by atoms with Crippen LogP contribution < -0.4 is 14.9 Å². The first kappa shape index (κ1) is 17.8.